The van der Waals surface area contributed by atoms with E-state index in [9.17, 15) is 0 Å². The molecular formula is C15H19N3. The summed E-state index contributed by atoms with van der Waals surface area (Å²) < 4.78 is 0. The predicted octanol–water partition coefficient (Wildman–Crippen LogP) is 3.12. The Kier molecular flexibility index (Phi) is 3.92. The van der Waals surface area contributed by atoms with Gasteiger partial charge in [-0.2, -0.15) is 0 Å². The molecule has 0 radical (unpaired) electrons. The summed E-state index contributed by atoms with van der Waals surface area (Å²) >= 11 is 0. The van der Waals surface area contributed by atoms with Gasteiger partial charge in [0, 0.05) is 24.7 Å². The fraction of sp³-hybridized carbons (Fsp3) is 0.333. The van der Waals surface area contributed by atoms with Crippen LogP contribution in [0.2, 0.25) is 0 Å². The third-order valence-corrected chi connectivity index (χ3v) is 2.87. The zero-order valence-corrected chi connectivity index (χ0v) is 11.2. The molecule has 1 aromatic heterocycles. The Balaban J connectivity index is 2.26. The minimum absolute atomic E-state index is 0.784. The highest BCUT2D eigenvalue weighted by atomic mass is 15.0. The van der Waals surface area contributed by atoms with Crippen LogP contribution in [0.1, 0.15) is 29.6 Å². The normalized spacial score (nSPS) is 10.4. The maximum absolute atomic E-state index is 4.54. The molecule has 1 aromatic carbocycles. The lowest BCUT2D eigenvalue weighted by atomic mass is 10.1. The van der Waals surface area contributed by atoms with Crippen LogP contribution in [0.5, 0.6) is 0 Å². The summed E-state index contributed by atoms with van der Waals surface area (Å²) in [4.78, 5) is 9.04. The Morgan fingerprint density at radius 3 is 2.61 bits per heavy atom. The lowest BCUT2D eigenvalue weighted by Gasteiger charge is -2.08. The van der Waals surface area contributed by atoms with Crippen LogP contribution in [0, 0.1) is 13.8 Å². The van der Waals surface area contributed by atoms with Gasteiger partial charge in [-0.3, -0.25) is 0 Å². The molecule has 2 aromatic rings. The van der Waals surface area contributed by atoms with Crippen molar-refractivity contribution in [2.75, 3.05) is 11.9 Å². The summed E-state index contributed by atoms with van der Waals surface area (Å²) in [6.45, 7) is 7.07. The maximum atomic E-state index is 4.54. The van der Waals surface area contributed by atoms with Crippen LogP contribution in [0.4, 0.5) is 5.82 Å². The fourth-order valence-corrected chi connectivity index (χ4v) is 1.96. The molecule has 0 amide bonds. The number of nitrogens with one attached hydrogen (secondary N) is 1. The van der Waals surface area contributed by atoms with Crippen molar-refractivity contribution in [3.63, 3.8) is 0 Å². The van der Waals surface area contributed by atoms with Crippen molar-refractivity contribution in [3.05, 3.63) is 53.0 Å². The van der Waals surface area contributed by atoms with E-state index in [1.165, 1.54) is 11.1 Å². The SMILES string of the molecule is CCNc1cc(C)nc(Cc2ccccc2C)n1. The Morgan fingerprint density at radius 1 is 1.11 bits per heavy atom. The topological polar surface area (TPSA) is 37.8 Å². The van der Waals surface area contributed by atoms with E-state index in [0.717, 1.165) is 30.3 Å². The van der Waals surface area contributed by atoms with Crippen molar-refractivity contribution in [1.82, 2.24) is 9.97 Å². The largest absolute Gasteiger partial charge is 0.370 e. The van der Waals surface area contributed by atoms with Gasteiger partial charge in [0.05, 0.1) is 0 Å². The van der Waals surface area contributed by atoms with Gasteiger partial charge < -0.3 is 5.32 Å². The second-order valence-electron chi connectivity index (χ2n) is 4.44. The number of nitrogens with zero attached hydrogens (tertiary/aromatic N) is 2. The third-order valence-electron chi connectivity index (χ3n) is 2.87. The molecule has 0 aliphatic heterocycles. The minimum Gasteiger partial charge on any atom is -0.370 e. The second kappa shape index (κ2) is 5.63. The van der Waals surface area contributed by atoms with Crippen LogP contribution in [0.25, 0.3) is 0 Å². The molecule has 0 aliphatic rings. The smallest absolute Gasteiger partial charge is 0.135 e. The van der Waals surface area contributed by atoms with Crippen LogP contribution in [0.3, 0.4) is 0 Å². The van der Waals surface area contributed by atoms with Crippen LogP contribution >= 0.6 is 0 Å². The molecule has 3 nitrogen and oxygen atoms in total. The van der Waals surface area contributed by atoms with E-state index in [4.69, 9.17) is 0 Å². The average Bonchev–Trinajstić information content (AvgIpc) is 2.32. The van der Waals surface area contributed by atoms with E-state index < -0.39 is 0 Å². The Labute approximate surface area is 108 Å². The van der Waals surface area contributed by atoms with Crippen molar-refractivity contribution >= 4 is 5.82 Å². The Morgan fingerprint density at radius 2 is 1.89 bits per heavy atom. The Bertz CT molecular complexity index is 535. The molecule has 0 bridgehead atoms. The zero-order valence-electron chi connectivity index (χ0n) is 11.2. The predicted molar refractivity (Wildman–Crippen MR) is 74.9 cm³/mol. The van der Waals surface area contributed by atoms with Gasteiger partial charge in [-0.05, 0) is 31.9 Å². The standard InChI is InChI=1S/C15H19N3/c1-4-16-14-9-12(3)17-15(18-14)10-13-8-6-5-7-11(13)2/h5-9H,4,10H2,1-3H3,(H,16,17,18). The van der Waals surface area contributed by atoms with E-state index in [-0.39, 0.29) is 0 Å². The average molecular weight is 241 g/mol. The first-order chi connectivity index (χ1) is 8.69. The van der Waals surface area contributed by atoms with Crippen LogP contribution < -0.4 is 5.32 Å². The number of aryl methyl sites for hydroxylation is 2. The molecule has 1 N–H and O–H groups in total. The molecule has 0 saturated carbocycles. The van der Waals surface area contributed by atoms with Crippen molar-refractivity contribution < 1.29 is 0 Å². The first kappa shape index (κ1) is 12.6. The van der Waals surface area contributed by atoms with E-state index in [1.54, 1.807) is 0 Å². The lowest BCUT2D eigenvalue weighted by Crippen LogP contribution is -2.05. The molecule has 0 spiro atoms. The van der Waals surface area contributed by atoms with Crippen molar-refractivity contribution in [1.29, 1.82) is 0 Å². The quantitative estimate of drug-likeness (QED) is 0.893. The van der Waals surface area contributed by atoms with Gasteiger partial charge >= 0.3 is 0 Å². The van der Waals surface area contributed by atoms with Gasteiger partial charge in [0.25, 0.3) is 0 Å². The molecule has 94 valence electrons. The van der Waals surface area contributed by atoms with Gasteiger partial charge in [-0.1, -0.05) is 24.3 Å². The summed E-state index contributed by atoms with van der Waals surface area (Å²) in [5, 5.41) is 3.24. The van der Waals surface area contributed by atoms with Gasteiger partial charge in [0.2, 0.25) is 0 Å². The molecule has 1 heterocycles. The monoisotopic (exact) mass is 241 g/mol. The highest BCUT2D eigenvalue weighted by Crippen LogP contribution is 2.13. The van der Waals surface area contributed by atoms with Crippen LogP contribution in [0.15, 0.2) is 30.3 Å². The molecule has 0 unspecified atom stereocenters. The van der Waals surface area contributed by atoms with Crippen molar-refractivity contribution in [2.24, 2.45) is 0 Å². The molecule has 2 rings (SSSR count). The highest BCUT2D eigenvalue weighted by Gasteiger charge is 2.04. The minimum atomic E-state index is 0.784. The van der Waals surface area contributed by atoms with Gasteiger partial charge in [0.1, 0.15) is 11.6 Å². The first-order valence-electron chi connectivity index (χ1n) is 6.32. The number of rotatable bonds is 4. The number of aromatic nitrogens is 2. The molecule has 0 aliphatic carbocycles. The molecule has 0 atom stereocenters. The zero-order chi connectivity index (χ0) is 13.0. The number of hydrogen-bond acceptors (Lipinski definition) is 3. The van der Waals surface area contributed by atoms with E-state index in [1.807, 2.05) is 13.0 Å². The second-order valence-corrected chi connectivity index (χ2v) is 4.44. The van der Waals surface area contributed by atoms with E-state index >= 15 is 0 Å². The third kappa shape index (κ3) is 3.06. The maximum Gasteiger partial charge on any atom is 0.135 e. The lowest BCUT2D eigenvalue weighted by molar-refractivity contribution is 0.933. The van der Waals surface area contributed by atoms with Gasteiger partial charge in [-0.15, -0.1) is 0 Å². The molecule has 18 heavy (non-hydrogen) atoms. The summed E-state index contributed by atoms with van der Waals surface area (Å²) in [6.07, 6.45) is 0.784. The first-order valence-corrected chi connectivity index (χ1v) is 6.32. The van der Waals surface area contributed by atoms with Crippen molar-refractivity contribution in [3.8, 4) is 0 Å². The number of benzene rings is 1. The van der Waals surface area contributed by atoms with Gasteiger partial charge in [-0.25, -0.2) is 9.97 Å². The molecule has 0 saturated heterocycles. The fourth-order valence-electron chi connectivity index (χ4n) is 1.96. The van der Waals surface area contributed by atoms with E-state index in [0.29, 0.717) is 0 Å². The number of anilines is 1. The summed E-state index contributed by atoms with van der Waals surface area (Å²) in [7, 11) is 0. The van der Waals surface area contributed by atoms with Crippen LogP contribution in [-0.2, 0) is 6.42 Å². The molecular weight excluding hydrogens is 222 g/mol. The van der Waals surface area contributed by atoms with Crippen LogP contribution in [-0.4, -0.2) is 16.5 Å². The molecule has 0 fully saturated rings. The summed E-state index contributed by atoms with van der Waals surface area (Å²) in [5.74, 6) is 1.79. The highest BCUT2D eigenvalue weighted by molar-refractivity contribution is 5.37. The molecule has 3 heteroatoms. The number of hydrogen-bond donors (Lipinski definition) is 1. The summed E-state index contributed by atoms with van der Waals surface area (Å²) in [6, 6.07) is 10.3. The summed E-state index contributed by atoms with van der Waals surface area (Å²) in [5.41, 5.74) is 3.57. The van der Waals surface area contributed by atoms with Crippen molar-refractivity contribution in [2.45, 2.75) is 27.2 Å². The van der Waals surface area contributed by atoms with Gasteiger partial charge in [0.15, 0.2) is 0 Å². The Hall–Kier alpha value is -1.90. The van der Waals surface area contributed by atoms with E-state index in [2.05, 4.69) is 53.4 Å².